The van der Waals surface area contributed by atoms with Crippen LogP contribution in [0.3, 0.4) is 0 Å². The lowest BCUT2D eigenvalue weighted by Gasteiger charge is -2.21. The molecule has 0 saturated heterocycles. The summed E-state index contributed by atoms with van der Waals surface area (Å²) in [5.74, 6) is 1.51. The van der Waals surface area contributed by atoms with Crippen molar-refractivity contribution in [3.05, 3.63) is 40.9 Å². The Balaban J connectivity index is 1.53. The molecule has 2 aliphatic carbocycles. The van der Waals surface area contributed by atoms with Gasteiger partial charge >= 0.3 is 0 Å². The fraction of sp³-hybridized carbons (Fsp3) is 0.524. The normalized spacial score (nSPS) is 24.8. The van der Waals surface area contributed by atoms with E-state index in [9.17, 15) is 18.3 Å². The number of hydrogen-bond acceptors (Lipinski definition) is 7. The van der Waals surface area contributed by atoms with Crippen molar-refractivity contribution in [1.82, 2.24) is 4.98 Å². The Kier molecular flexibility index (Phi) is 5.98. The van der Waals surface area contributed by atoms with Crippen LogP contribution in [0.2, 0.25) is 0 Å². The second kappa shape index (κ2) is 8.37. The summed E-state index contributed by atoms with van der Waals surface area (Å²) in [7, 11) is -3.30. The molecule has 0 spiro atoms. The summed E-state index contributed by atoms with van der Waals surface area (Å²) in [6.45, 7) is -0.434. The third kappa shape index (κ3) is 4.74. The molecule has 2 aliphatic rings. The number of carbonyl (C=O) groups is 1. The van der Waals surface area contributed by atoms with Gasteiger partial charge in [-0.15, -0.1) is 11.3 Å². The number of aliphatic hydroxyl groups excluding tert-OH is 2. The predicted octanol–water partition coefficient (Wildman–Crippen LogP) is 2.73. The molecule has 4 rings (SSSR count). The van der Waals surface area contributed by atoms with E-state index < -0.39 is 28.5 Å². The van der Waals surface area contributed by atoms with Gasteiger partial charge in [0.25, 0.3) is 0 Å². The van der Waals surface area contributed by atoms with Crippen LogP contribution in [0.1, 0.15) is 49.0 Å². The number of hydrogen-bond donors (Lipinski definition) is 3. The Labute approximate surface area is 180 Å². The van der Waals surface area contributed by atoms with Crippen LogP contribution >= 0.6 is 11.3 Å². The maximum Gasteiger partial charge on any atom is 0.233 e. The molecular formula is C21H26N2O5S2. The Hall–Kier alpha value is -1.81. The molecular weight excluding hydrogens is 424 g/mol. The summed E-state index contributed by atoms with van der Waals surface area (Å²) in [6, 6.07) is 6.55. The van der Waals surface area contributed by atoms with Gasteiger partial charge in [-0.1, -0.05) is 12.1 Å². The van der Waals surface area contributed by atoms with Gasteiger partial charge in [-0.25, -0.2) is 13.4 Å². The average molecular weight is 451 g/mol. The largest absolute Gasteiger partial charge is 0.393 e. The second-order valence-electron chi connectivity index (χ2n) is 8.49. The molecule has 4 atom stereocenters. The Bertz CT molecular complexity index is 1010. The standard InChI is InChI=1S/C21H26N2O5S2/c1-30(27,28)16-4-2-13(3-5-16)17(8-12-6-14-9-15(14)7-12)20(26)23-21-22-18(11-29-21)19(25)10-24/h2-5,11-12,14-15,17,19,24-25H,6-10H2,1H3,(H,22,23,26). The molecule has 162 valence electrons. The molecule has 0 aliphatic heterocycles. The van der Waals surface area contributed by atoms with Gasteiger partial charge in [0, 0.05) is 11.6 Å². The molecule has 2 fully saturated rings. The third-order valence-corrected chi connectivity index (χ3v) is 8.11. The molecule has 1 aromatic heterocycles. The van der Waals surface area contributed by atoms with Gasteiger partial charge in [0.15, 0.2) is 15.0 Å². The highest BCUT2D eigenvalue weighted by atomic mass is 32.2. The van der Waals surface area contributed by atoms with Crippen molar-refractivity contribution in [2.45, 2.75) is 42.6 Å². The molecule has 1 aromatic carbocycles. The summed E-state index contributed by atoms with van der Waals surface area (Å²) < 4.78 is 23.5. The summed E-state index contributed by atoms with van der Waals surface area (Å²) in [5.41, 5.74) is 1.11. The minimum absolute atomic E-state index is 0.193. The number of sulfone groups is 1. The van der Waals surface area contributed by atoms with Crippen LogP contribution < -0.4 is 5.32 Å². The first-order valence-corrected chi connectivity index (χ1v) is 12.9. The quantitative estimate of drug-likeness (QED) is 0.569. The fourth-order valence-electron chi connectivity index (χ4n) is 4.49. The molecule has 1 amide bonds. The van der Waals surface area contributed by atoms with E-state index in [4.69, 9.17) is 5.11 Å². The van der Waals surface area contributed by atoms with Crippen molar-refractivity contribution < 1.29 is 23.4 Å². The third-order valence-electron chi connectivity index (χ3n) is 6.20. The van der Waals surface area contributed by atoms with E-state index >= 15 is 0 Å². The van der Waals surface area contributed by atoms with E-state index in [1.54, 1.807) is 29.6 Å². The highest BCUT2D eigenvalue weighted by Gasteiger charge is 2.46. The van der Waals surface area contributed by atoms with Crippen molar-refractivity contribution in [1.29, 1.82) is 0 Å². The zero-order valence-corrected chi connectivity index (χ0v) is 18.3. The Morgan fingerprint density at radius 3 is 2.50 bits per heavy atom. The maximum absolute atomic E-state index is 13.1. The molecule has 30 heavy (non-hydrogen) atoms. The lowest BCUT2D eigenvalue weighted by atomic mass is 9.86. The molecule has 4 unspecified atom stereocenters. The van der Waals surface area contributed by atoms with Crippen molar-refractivity contribution in [3.8, 4) is 0 Å². The molecule has 7 nitrogen and oxygen atoms in total. The molecule has 0 radical (unpaired) electrons. The first-order chi connectivity index (χ1) is 14.2. The first-order valence-electron chi connectivity index (χ1n) is 10.1. The van der Waals surface area contributed by atoms with Gasteiger partial charge in [-0.05, 0) is 61.1 Å². The summed E-state index contributed by atoms with van der Waals surface area (Å²) in [5, 5.41) is 23.6. The van der Waals surface area contributed by atoms with E-state index in [0.29, 0.717) is 23.2 Å². The molecule has 9 heteroatoms. The number of carbonyl (C=O) groups excluding carboxylic acids is 1. The molecule has 0 bridgehead atoms. The number of rotatable bonds is 8. The number of fused-ring (bicyclic) bond motifs is 1. The first kappa shape index (κ1) is 21.4. The Morgan fingerprint density at radius 1 is 1.23 bits per heavy atom. The van der Waals surface area contributed by atoms with E-state index in [-0.39, 0.29) is 10.8 Å². The van der Waals surface area contributed by atoms with Crippen LogP contribution in [0.15, 0.2) is 34.5 Å². The number of benzene rings is 1. The number of thiazole rings is 1. The molecule has 2 aromatic rings. The maximum atomic E-state index is 13.1. The van der Waals surface area contributed by atoms with Crippen LogP contribution in [0.5, 0.6) is 0 Å². The minimum atomic E-state index is -3.30. The van der Waals surface area contributed by atoms with Gasteiger partial charge in [0.05, 0.1) is 23.1 Å². The zero-order valence-electron chi connectivity index (χ0n) is 16.7. The van der Waals surface area contributed by atoms with Crippen molar-refractivity contribution in [2.24, 2.45) is 17.8 Å². The van der Waals surface area contributed by atoms with Crippen LogP contribution in [0.4, 0.5) is 5.13 Å². The number of aliphatic hydroxyl groups is 2. The summed E-state index contributed by atoms with van der Waals surface area (Å²) >= 11 is 1.20. The van der Waals surface area contributed by atoms with E-state index in [1.165, 1.54) is 17.8 Å². The highest BCUT2D eigenvalue weighted by Crippen LogP contribution is 2.56. The molecule has 3 N–H and O–H groups in total. The second-order valence-corrected chi connectivity index (χ2v) is 11.4. The van der Waals surface area contributed by atoms with Crippen LogP contribution in [-0.2, 0) is 14.6 Å². The van der Waals surface area contributed by atoms with Crippen LogP contribution in [0.25, 0.3) is 0 Å². The number of nitrogens with one attached hydrogen (secondary N) is 1. The molecule has 1 heterocycles. The summed E-state index contributed by atoms with van der Waals surface area (Å²) in [6.07, 6.45) is 4.43. The van der Waals surface area contributed by atoms with Gasteiger partial charge in [-0.3, -0.25) is 4.79 Å². The Morgan fingerprint density at radius 2 is 1.90 bits per heavy atom. The number of amides is 1. The van der Waals surface area contributed by atoms with Gasteiger partial charge in [0.1, 0.15) is 6.10 Å². The SMILES string of the molecule is CS(=O)(=O)c1ccc(C(CC2CC3CC3C2)C(=O)Nc2nc(C(O)CO)cs2)cc1. The summed E-state index contributed by atoms with van der Waals surface area (Å²) in [4.78, 5) is 17.6. The van der Waals surface area contributed by atoms with Crippen LogP contribution in [0, 0.1) is 17.8 Å². The lowest BCUT2D eigenvalue weighted by molar-refractivity contribution is -0.118. The van der Waals surface area contributed by atoms with Gasteiger partial charge < -0.3 is 15.5 Å². The average Bonchev–Trinajstić information content (AvgIpc) is 3.10. The van der Waals surface area contributed by atoms with Crippen LogP contribution in [-0.4, -0.2) is 42.4 Å². The topological polar surface area (TPSA) is 117 Å². The van der Waals surface area contributed by atoms with E-state index in [0.717, 1.165) is 36.5 Å². The van der Waals surface area contributed by atoms with E-state index in [1.807, 2.05) is 0 Å². The molecule has 2 saturated carbocycles. The fourth-order valence-corrected chi connectivity index (χ4v) is 5.88. The number of nitrogens with zero attached hydrogens (tertiary/aromatic N) is 1. The van der Waals surface area contributed by atoms with Gasteiger partial charge in [0.2, 0.25) is 5.91 Å². The zero-order chi connectivity index (χ0) is 21.5. The minimum Gasteiger partial charge on any atom is -0.393 e. The van der Waals surface area contributed by atoms with Gasteiger partial charge in [-0.2, -0.15) is 0 Å². The predicted molar refractivity (Wildman–Crippen MR) is 114 cm³/mol. The lowest BCUT2D eigenvalue weighted by Crippen LogP contribution is -2.23. The van der Waals surface area contributed by atoms with Crippen molar-refractivity contribution >= 4 is 32.2 Å². The number of anilines is 1. The number of aromatic nitrogens is 1. The van der Waals surface area contributed by atoms with E-state index in [2.05, 4.69) is 10.3 Å². The van der Waals surface area contributed by atoms with Crippen molar-refractivity contribution in [2.75, 3.05) is 18.2 Å². The smallest absolute Gasteiger partial charge is 0.233 e. The monoisotopic (exact) mass is 450 g/mol. The van der Waals surface area contributed by atoms with Crippen molar-refractivity contribution in [3.63, 3.8) is 0 Å². The highest BCUT2D eigenvalue weighted by molar-refractivity contribution is 7.90.